The first-order valence-electron chi connectivity index (χ1n) is 11.8. The van der Waals surface area contributed by atoms with Crippen molar-refractivity contribution >= 4 is 0 Å². The van der Waals surface area contributed by atoms with Crippen LogP contribution in [0.2, 0.25) is 0 Å². The van der Waals surface area contributed by atoms with E-state index in [0.717, 1.165) is 29.1 Å². The molecule has 0 fully saturated rings. The summed E-state index contributed by atoms with van der Waals surface area (Å²) >= 11 is 0. The number of aromatic nitrogens is 2. The fourth-order valence-corrected chi connectivity index (χ4v) is 3.75. The fraction of sp³-hybridized carbons (Fsp3) is 0.370. The Kier molecular flexibility index (Phi) is 10.6. The Bertz CT molecular complexity index is 1110. The van der Waals surface area contributed by atoms with E-state index in [1.165, 1.54) is 6.07 Å². The molecule has 0 spiro atoms. The maximum Gasteiger partial charge on any atom is 0.227 e. The average Bonchev–Trinajstić information content (AvgIpc) is 3.21. The zero-order chi connectivity index (χ0) is 25.9. The molecule has 9 heteroatoms. The van der Waals surface area contributed by atoms with E-state index in [0.29, 0.717) is 45.1 Å². The van der Waals surface area contributed by atoms with Crippen molar-refractivity contribution in [3.05, 3.63) is 84.1 Å². The molecule has 0 aliphatic carbocycles. The highest BCUT2D eigenvalue weighted by atomic mass is 19.1. The lowest BCUT2D eigenvalue weighted by molar-refractivity contribution is 0.0192. The van der Waals surface area contributed by atoms with Crippen molar-refractivity contribution in [2.75, 3.05) is 40.0 Å². The van der Waals surface area contributed by atoms with Crippen molar-refractivity contribution < 1.29 is 28.1 Å². The molecule has 194 valence electrons. The van der Waals surface area contributed by atoms with E-state index in [2.05, 4.69) is 6.58 Å². The molecule has 0 bridgehead atoms. The summed E-state index contributed by atoms with van der Waals surface area (Å²) < 4.78 is 46.4. The minimum Gasteiger partial charge on any atom is -0.435 e. The topological polar surface area (TPSA) is 69.0 Å². The molecule has 3 rings (SSSR count). The molecule has 0 saturated carbocycles. The van der Waals surface area contributed by atoms with Crippen LogP contribution in [-0.4, -0.2) is 65.9 Å². The first-order valence-corrected chi connectivity index (χ1v) is 11.8. The van der Waals surface area contributed by atoms with E-state index in [9.17, 15) is 13.9 Å². The molecular weight excluding hydrogens is 468 g/mol. The van der Waals surface area contributed by atoms with Gasteiger partial charge in [-0.05, 0) is 30.7 Å². The summed E-state index contributed by atoms with van der Waals surface area (Å²) in [4.78, 5) is 2.00. The first kappa shape index (κ1) is 27.5. The van der Waals surface area contributed by atoms with E-state index in [4.69, 9.17) is 19.3 Å². The van der Waals surface area contributed by atoms with Gasteiger partial charge in [-0.25, -0.2) is 13.5 Å². The number of nitrogens with zero attached hydrogens (tertiary/aromatic N) is 3. The second-order valence-electron chi connectivity index (χ2n) is 8.22. The number of rotatable bonds is 15. The molecule has 36 heavy (non-hydrogen) atoms. The number of methoxy groups -OCH3 is 1. The van der Waals surface area contributed by atoms with Crippen LogP contribution in [0.25, 0.3) is 5.69 Å². The second kappa shape index (κ2) is 13.8. The minimum absolute atomic E-state index is 0.112. The van der Waals surface area contributed by atoms with Crippen LogP contribution >= 0.6 is 0 Å². The summed E-state index contributed by atoms with van der Waals surface area (Å²) in [5.41, 5.74) is 2.23. The maximum absolute atomic E-state index is 14.6. The van der Waals surface area contributed by atoms with Gasteiger partial charge in [0.15, 0.2) is 11.6 Å². The molecule has 2 aromatic carbocycles. The molecule has 1 N–H and O–H groups in total. The van der Waals surface area contributed by atoms with E-state index < -0.39 is 17.7 Å². The van der Waals surface area contributed by atoms with Gasteiger partial charge in [0.05, 0.1) is 42.9 Å². The highest BCUT2D eigenvalue weighted by Gasteiger charge is 2.24. The number of aliphatic hydroxyl groups is 1. The van der Waals surface area contributed by atoms with Crippen LogP contribution in [-0.2, 0) is 22.4 Å². The Morgan fingerprint density at radius 1 is 1.19 bits per heavy atom. The molecule has 1 heterocycles. The highest BCUT2D eigenvalue weighted by Crippen LogP contribution is 2.33. The van der Waals surface area contributed by atoms with Crippen molar-refractivity contribution in [3.8, 4) is 17.3 Å². The summed E-state index contributed by atoms with van der Waals surface area (Å²) in [6.07, 6.45) is 1.48. The Morgan fingerprint density at radius 3 is 2.64 bits per heavy atom. The third-order valence-corrected chi connectivity index (χ3v) is 5.46. The summed E-state index contributed by atoms with van der Waals surface area (Å²) in [6, 6.07) is 12.5. The Hall–Kier alpha value is -3.11. The number of aliphatic hydroxyl groups excluding tert-OH is 1. The van der Waals surface area contributed by atoms with Gasteiger partial charge in [-0.3, -0.25) is 4.90 Å². The standard InChI is InChI=1S/C27H33F2N3O4/c1-4-14-35-19-22(33)17-31(13-15-34-3)18-23-25(5-2)30-32(21-9-7-6-8-10-21)27(23)36-26-12-11-20(28)16-24(26)29/h4,6-12,16,22,33H,1,5,13-15,17-19H2,2-3H3. The first-order chi connectivity index (χ1) is 17.5. The van der Waals surface area contributed by atoms with E-state index in [1.54, 1.807) is 17.9 Å². The molecule has 0 radical (unpaired) electrons. The third kappa shape index (κ3) is 7.44. The zero-order valence-electron chi connectivity index (χ0n) is 20.7. The molecule has 0 amide bonds. The molecular formula is C27H33F2N3O4. The molecule has 7 nitrogen and oxygen atoms in total. The smallest absolute Gasteiger partial charge is 0.227 e. The Balaban J connectivity index is 1.99. The summed E-state index contributed by atoms with van der Waals surface area (Å²) in [6.45, 7) is 7.72. The summed E-state index contributed by atoms with van der Waals surface area (Å²) in [5.74, 6) is -1.29. The minimum atomic E-state index is -0.814. The lowest BCUT2D eigenvalue weighted by atomic mass is 10.1. The number of hydrogen-bond donors (Lipinski definition) is 1. The Labute approximate surface area is 210 Å². The molecule has 1 atom stereocenters. The van der Waals surface area contributed by atoms with Crippen LogP contribution in [0.5, 0.6) is 11.6 Å². The van der Waals surface area contributed by atoms with Crippen LogP contribution in [0.4, 0.5) is 8.78 Å². The normalized spacial score (nSPS) is 12.2. The van der Waals surface area contributed by atoms with E-state index >= 15 is 0 Å². The van der Waals surface area contributed by atoms with Crippen LogP contribution in [0, 0.1) is 11.6 Å². The predicted octanol–water partition coefficient (Wildman–Crippen LogP) is 4.52. The fourth-order valence-electron chi connectivity index (χ4n) is 3.75. The van der Waals surface area contributed by atoms with Crippen molar-refractivity contribution in [3.63, 3.8) is 0 Å². The number of para-hydroxylation sites is 1. The van der Waals surface area contributed by atoms with E-state index in [1.807, 2.05) is 42.2 Å². The number of ether oxygens (including phenoxy) is 3. The lowest BCUT2D eigenvalue weighted by Gasteiger charge is -2.25. The van der Waals surface area contributed by atoms with Gasteiger partial charge in [-0.1, -0.05) is 31.2 Å². The van der Waals surface area contributed by atoms with Gasteiger partial charge in [0, 0.05) is 32.8 Å². The van der Waals surface area contributed by atoms with Crippen LogP contribution in [0.1, 0.15) is 18.2 Å². The molecule has 1 unspecified atom stereocenters. The monoisotopic (exact) mass is 501 g/mol. The predicted molar refractivity (Wildman–Crippen MR) is 134 cm³/mol. The lowest BCUT2D eigenvalue weighted by Crippen LogP contribution is -2.36. The largest absolute Gasteiger partial charge is 0.435 e. The SMILES string of the molecule is C=CCOCC(O)CN(CCOC)Cc1c(CC)nn(-c2ccccc2)c1Oc1ccc(F)cc1F. The zero-order valence-corrected chi connectivity index (χ0v) is 20.7. The van der Waals surface area contributed by atoms with E-state index in [-0.39, 0.29) is 12.4 Å². The maximum atomic E-state index is 14.6. The van der Waals surface area contributed by atoms with Gasteiger partial charge in [0.2, 0.25) is 5.88 Å². The molecule has 0 aliphatic rings. The van der Waals surface area contributed by atoms with Crippen molar-refractivity contribution in [1.29, 1.82) is 0 Å². The summed E-state index contributed by atoms with van der Waals surface area (Å²) in [7, 11) is 1.61. The van der Waals surface area contributed by atoms with Crippen molar-refractivity contribution in [2.45, 2.75) is 26.0 Å². The number of aryl methyl sites for hydroxylation is 1. The van der Waals surface area contributed by atoms with Gasteiger partial charge in [0.1, 0.15) is 5.82 Å². The van der Waals surface area contributed by atoms with Crippen LogP contribution < -0.4 is 4.74 Å². The summed E-state index contributed by atoms with van der Waals surface area (Å²) in [5, 5.41) is 15.3. The molecule has 0 saturated heterocycles. The van der Waals surface area contributed by atoms with Gasteiger partial charge in [-0.2, -0.15) is 5.10 Å². The average molecular weight is 502 g/mol. The number of benzene rings is 2. The van der Waals surface area contributed by atoms with Gasteiger partial charge in [0.25, 0.3) is 0 Å². The van der Waals surface area contributed by atoms with Gasteiger partial charge >= 0.3 is 0 Å². The Morgan fingerprint density at radius 2 is 1.97 bits per heavy atom. The van der Waals surface area contributed by atoms with Crippen LogP contribution in [0.15, 0.2) is 61.2 Å². The van der Waals surface area contributed by atoms with Gasteiger partial charge in [-0.15, -0.1) is 6.58 Å². The van der Waals surface area contributed by atoms with Crippen molar-refractivity contribution in [1.82, 2.24) is 14.7 Å². The number of halogens is 2. The quantitative estimate of drug-likeness (QED) is 0.244. The third-order valence-electron chi connectivity index (χ3n) is 5.46. The van der Waals surface area contributed by atoms with Gasteiger partial charge < -0.3 is 19.3 Å². The number of hydrogen-bond acceptors (Lipinski definition) is 6. The highest BCUT2D eigenvalue weighted by molar-refractivity contribution is 5.44. The molecule has 0 aliphatic heterocycles. The second-order valence-corrected chi connectivity index (χ2v) is 8.22. The van der Waals surface area contributed by atoms with Crippen LogP contribution in [0.3, 0.4) is 0 Å². The molecule has 3 aromatic rings. The van der Waals surface area contributed by atoms with Crippen molar-refractivity contribution in [2.24, 2.45) is 0 Å². The molecule has 1 aromatic heterocycles.